The predicted molar refractivity (Wildman–Crippen MR) is 108 cm³/mol. The van der Waals surface area contributed by atoms with Gasteiger partial charge in [0, 0.05) is 43.6 Å². The molecule has 0 radical (unpaired) electrons. The van der Waals surface area contributed by atoms with Crippen molar-refractivity contribution < 1.29 is 13.2 Å². The SMILES string of the molecule is CC1=C(CN2CCC(N(C)CC3CC3)CC2)NC(c2ccc(C(F)(F)F)cc2)N1. The Bertz CT molecular complexity index is 731. The molecule has 1 aromatic rings. The second-order valence-corrected chi connectivity index (χ2v) is 8.84. The van der Waals surface area contributed by atoms with Gasteiger partial charge < -0.3 is 15.5 Å². The number of nitrogens with zero attached hydrogens (tertiary/aromatic N) is 2. The molecule has 0 aromatic heterocycles. The molecule has 1 aliphatic carbocycles. The quantitative estimate of drug-likeness (QED) is 0.747. The lowest BCUT2D eigenvalue weighted by Gasteiger charge is -2.37. The van der Waals surface area contributed by atoms with Gasteiger partial charge in [0.2, 0.25) is 0 Å². The van der Waals surface area contributed by atoms with Gasteiger partial charge in [-0.3, -0.25) is 4.90 Å². The zero-order chi connectivity index (χ0) is 20.6. The van der Waals surface area contributed by atoms with E-state index in [-0.39, 0.29) is 6.17 Å². The standard InChI is InChI=1S/C22H31F3N4/c1-15-20(14-29-11-9-19(10-12-29)28(2)13-16-3-4-16)27-21(26-15)17-5-7-18(8-6-17)22(23,24)25/h5-8,16,19,21,26-27H,3-4,9-14H2,1-2H3. The van der Waals surface area contributed by atoms with Crippen LogP contribution < -0.4 is 10.6 Å². The normalized spacial score (nSPS) is 24.1. The third kappa shape index (κ3) is 5.07. The minimum atomic E-state index is -4.30. The highest BCUT2D eigenvalue weighted by Crippen LogP contribution is 2.32. The molecule has 2 fully saturated rings. The van der Waals surface area contributed by atoms with E-state index in [1.807, 2.05) is 6.92 Å². The molecule has 2 aliphatic heterocycles. The lowest BCUT2D eigenvalue weighted by molar-refractivity contribution is -0.137. The van der Waals surface area contributed by atoms with E-state index in [0.29, 0.717) is 6.04 Å². The van der Waals surface area contributed by atoms with Gasteiger partial charge in [-0.05, 0) is 63.3 Å². The summed E-state index contributed by atoms with van der Waals surface area (Å²) in [6, 6.07) is 6.08. The molecule has 4 rings (SSSR count). The first kappa shape index (κ1) is 20.5. The Morgan fingerprint density at radius 1 is 1.03 bits per heavy atom. The van der Waals surface area contributed by atoms with Crippen molar-refractivity contribution in [1.82, 2.24) is 20.4 Å². The molecule has 160 valence electrons. The van der Waals surface area contributed by atoms with Gasteiger partial charge in [-0.15, -0.1) is 0 Å². The lowest BCUT2D eigenvalue weighted by Crippen LogP contribution is -2.45. The van der Waals surface area contributed by atoms with Crippen molar-refractivity contribution in [2.45, 2.75) is 51.0 Å². The molecule has 3 aliphatic rings. The van der Waals surface area contributed by atoms with Crippen LogP contribution in [0.4, 0.5) is 13.2 Å². The molecule has 1 aromatic carbocycles. The Kier molecular flexibility index (Phi) is 5.80. The molecule has 7 heteroatoms. The van der Waals surface area contributed by atoms with Crippen molar-refractivity contribution in [2.24, 2.45) is 5.92 Å². The largest absolute Gasteiger partial charge is 0.416 e. The summed E-state index contributed by atoms with van der Waals surface area (Å²) in [5.74, 6) is 0.932. The minimum absolute atomic E-state index is 0.172. The van der Waals surface area contributed by atoms with Crippen LogP contribution in [0.5, 0.6) is 0 Å². The molecule has 0 bridgehead atoms. The summed E-state index contributed by atoms with van der Waals surface area (Å²) in [4.78, 5) is 5.03. The highest BCUT2D eigenvalue weighted by atomic mass is 19.4. The summed E-state index contributed by atoms with van der Waals surface area (Å²) in [5.41, 5.74) is 2.41. The van der Waals surface area contributed by atoms with Gasteiger partial charge in [-0.2, -0.15) is 13.2 Å². The Morgan fingerprint density at radius 2 is 1.69 bits per heavy atom. The molecule has 4 nitrogen and oxygen atoms in total. The number of alkyl halides is 3. The van der Waals surface area contributed by atoms with Crippen molar-refractivity contribution in [3.05, 3.63) is 46.8 Å². The van der Waals surface area contributed by atoms with Crippen molar-refractivity contribution in [2.75, 3.05) is 33.2 Å². The van der Waals surface area contributed by atoms with Gasteiger partial charge in [0.05, 0.1) is 5.56 Å². The zero-order valence-corrected chi connectivity index (χ0v) is 17.2. The van der Waals surface area contributed by atoms with E-state index in [4.69, 9.17) is 0 Å². The van der Waals surface area contributed by atoms with E-state index in [1.165, 1.54) is 32.2 Å². The molecule has 2 heterocycles. The van der Waals surface area contributed by atoms with Crippen LogP contribution in [0.2, 0.25) is 0 Å². The molecule has 29 heavy (non-hydrogen) atoms. The van der Waals surface area contributed by atoms with E-state index in [9.17, 15) is 13.2 Å². The number of nitrogens with one attached hydrogen (secondary N) is 2. The maximum atomic E-state index is 12.8. The molecule has 2 N–H and O–H groups in total. The number of hydrogen-bond acceptors (Lipinski definition) is 4. The lowest BCUT2D eigenvalue weighted by atomic mass is 10.0. The van der Waals surface area contributed by atoms with Crippen LogP contribution >= 0.6 is 0 Å². The first-order valence-electron chi connectivity index (χ1n) is 10.6. The number of benzene rings is 1. The monoisotopic (exact) mass is 408 g/mol. The van der Waals surface area contributed by atoms with Crippen LogP contribution in [-0.2, 0) is 6.18 Å². The molecule has 0 spiro atoms. The Morgan fingerprint density at radius 3 is 2.28 bits per heavy atom. The molecular formula is C22H31F3N4. The van der Waals surface area contributed by atoms with Gasteiger partial charge >= 0.3 is 6.18 Å². The van der Waals surface area contributed by atoms with Gasteiger partial charge in [0.15, 0.2) is 0 Å². The summed E-state index contributed by atoms with van der Waals surface area (Å²) >= 11 is 0. The fourth-order valence-corrected chi connectivity index (χ4v) is 4.42. The smallest absolute Gasteiger partial charge is 0.364 e. The molecule has 1 saturated heterocycles. The molecule has 1 atom stereocenters. The number of rotatable bonds is 6. The van der Waals surface area contributed by atoms with E-state index in [2.05, 4.69) is 27.5 Å². The second-order valence-electron chi connectivity index (χ2n) is 8.84. The first-order valence-corrected chi connectivity index (χ1v) is 10.6. The topological polar surface area (TPSA) is 30.5 Å². The number of piperidine rings is 1. The van der Waals surface area contributed by atoms with E-state index in [1.54, 1.807) is 12.1 Å². The van der Waals surface area contributed by atoms with E-state index < -0.39 is 11.7 Å². The number of allylic oxidation sites excluding steroid dienone is 1. The summed E-state index contributed by atoms with van der Waals surface area (Å²) in [6.07, 6.45) is 0.726. The van der Waals surface area contributed by atoms with Gasteiger partial charge in [0.1, 0.15) is 6.17 Å². The van der Waals surface area contributed by atoms with Crippen molar-refractivity contribution in [3.8, 4) is 0 Å². The summed E-state index contributed by atoms with van der Waals surface area (Å²) in [6.45, 7) is 6.30. The van der Waals surface area contributed by atoms with Gasteiger partial charge in [0.25, 0.3) is 0 Å². The predicted octanol–water partition coefficient (Wildman–Crippen LogP) is 3.93. The highest BCUT2D eigenvalue weighted by Gasteiger charge is 2.32. The van der Waals surface area contributed by atoms with Crippen molar-refractivity contribution in [3.63, 3.8) is 0 Å². The van der Waals surface area contributed by atoms with E-state index in [0.717, 1.165) is 54.6 Å². The maximum absolute atomic E-state index is 12.8. The van der Waals surface area contributed by atoms with Crippen LogP contribution in [0, 0.1) is 5.92 Å². The average Bonchev–Trinajstić information content (AvgIpc) is 3.43. The average molecular weight is 409 g/mol. The van der Waals surface area contributed by atoms with Crippen LogP contribution in [0.1, 0.15) is 49.9 Å². The third-order valence-corrected chi connectivity index (χ3v) is 6.51. The number of hydrogen-bond donors (Lipinski definition) is 2. The first-order chi connectivity index (χ1) is 13.8. The summed E-state index contributed by atoms with van der Waals surface area (Å²) in [7, 11) is 2.27. The Balaban J connectivity index is 1.27. The zero-order valence-electron chi connectivity index (χ0n) is 17.2. The van der Waals surface area contributed by atoms with Crippen LogP contribution in [-0.4, -0.2) is 49.1 Å². The van der Waals surface area contributed by atoms with E-state index >= 15 is 0 Å². The second kappa shape index (κ2) is 8.19. The van der Waals surface area contributed by atoms with Crippen LogP contribution in [0.15, 0.2) is 35.7 Å². The molecular weight excluding hydrogens is 377 g/mol. The van der Waals surface area contributed by atoms with Crippen molar-refractivity contribution >= 4 is 0 Å². The summed E-state index contributed by atoms with van der Waals surface area (Å²) in [5, 5.41) is 6.84. The summed E-state index contributed by atoms with van der Waals surface area (Å²) < 4.78 is 38.3. The van der Waals surface area contributed by atoms with Gasteiger partial charge in [-0.1, -0.05) is 12.1 Å². The number of likely N-dealkylation sites (tertiary alicyclic amines) is 1. The van der Waals surface area contributed by atoms with Gasteiger partial charge in [-0.25, -0.2) is 0 Å². The minimum Gasteiger partial charge on any atom is -0.364 e. The fourth-order valence-electron chi connectivity index (χ4n) is 4.42. The Labute approximate surface area is 171 Å². The van der Waals surface area contributed by atoms with Crippen molar-refractivity contribution in [1.29, 1.82) is 0 Å². The molecule has 0 amide bonds. The number of halogens is 3. The maximum Gasteiger partial charge on any atom is 0.416 e. The fraction of sp³-hybridized carbons (Fsp3) is 0.636. The van der Waals surface area contributed by atoms with Crippen LogP contribution in [0.3, 0.4) is 0 Å². The highest BCUT2D eigenvalue weighted by molar-refractivity contribution is 5.31. The molecule has 1 unspecified atom stereocenters. The third-order valence-electron chi connectivity index (χ3n) is 6.51. The Hall–Kier alpha value is -1.73. The molecule has 1 saturated carbocycles. The van der Waals surface area contributed by atoms with Crippen LogP contribution in [0.25, 0.3) is 0 Å².